The van der Waals surface area contributed by atoms with Gasteiger partial charge in [-0.25, -0.2) is 0 Å². The lowest BCUT2D eigenvalue weighted by Crippen LogP contribution is -1.86. The number of benzene rings is 3. The maximum Gasteiger partial charge on any atom is 0.161 e. The van der Waals surface area contributed by atoms with Crippen LogP contribution in [0.2, 0.25) is 0 Å². The molecule has 3 heteroatoms. The first-order valence-electron chi connectivity index (χ1n) is 6.66. The van der Waals surface area contributed by atoms with Gasteiger partial charge in [-0.3, -0.25) is 4.99 Å². The Kier molecular flexibility index (Phi) is 3.56. The maximum absolute atomic E-state index is 9.57. The first kappa shape index (κ1) is 13.2. The zero-order valence-corrected chi connectivity index (χ0v) is 11.7. The number of ether oxygens (including phenoxy) is 1. The zero-order valence-electron chi connectivity index (χ0n) is 11.7. The Bertz CT molecular complexity index is 809. The van der Waals surface area contributed by atoms with E-state index in [-0.39, 0.29) is 5.75 Å². The Balaban J connectivity index is 1.90. The molecule has 0 aliphatic rings. The van der Waals surface area contributed by atoms with E-state index in [4.69, 9.17) is 4.74 Å². The average molecular weight is 277 g/mol. The lowest BCUT2D eigenvalue weighted by atomic mass is 10.1. The molecule has 3 aromatic rings. The number of rotatable bonds is 3. The summed E-state index contributed by atoms with van der Waals surface area (Å²) in [5, 5.41) is 11.9. The Hall–Kier alpha value is -2.81. The van der Waals surface area contributed by atoms with Crippen LogP contribution in [0.3, 0.4) is 0 Å². The smallest absolute Gasteiger partial charge is 0.161 e. The maximum atomic E-state index is 9.57. The molecule has 0 fully saturated rings. The lowest BCUT2D eigenvalue weighted by Gasteiger charge is -2.03. The van der Waals surface area contributed by atoms with E-state index in [1.54, 1.807) is 24.4 Å². The van der Waals surface area contributed by atoms with Gasteiger partial charge in [0.2, 0.25) is 0 Å². The minimum Gasteiger partial charge on any atom is -0.504 e. The van der Waals surface area contributed by atoms with Crippen molar-refractivity contribution in [2.24, 2.45) is 4.99 Å². The van der Waals surface area contributed by atoms with E-state index >= 15 is 0 Å². The lowest BCUT2D eigenvalue weighted by molar-refractivity contribution is 0.373. The second-order valence-electron chi connectivity index (χ2n) is 4.72. The van der Waals surface area contributed by atoms with E-state index in [1.807, 2.05) is 24.3 Å². The van der Waals surface area contributed by atoms with Crippen molar-refractivity contribution in [1.29, 1.82) is 0 Å². The topological polar surface area (TPSA) is 41.8 Å². The van der Waals surface area contributed by atoms with Gasteiger partial charge in [-0.15, -0.1) is 0 Å². The number of hydrogen-bond donors (Lipinski definition) is 1. The second-order valence-corrected chi connectivity index (χ2v) is 4.72. The molecule has 0 aromatic heterocycles. The van der Waals surface area contributed by atoms with Gasteiger partial charge in [0.25, 0.3) is 0 Å². The van der Waals surface area contributed by atoms with Crippen molar-refractivity contribution in [2.75, 3.05) is 7.11 Å². The number of nitrogens with zero attached hydrogens (tertiary/aromatic N) is 1. The van der Waals surface area contributed by atoms with Crippen LogP contribution in [0, 0.1) is 0 Å². The monoisotopic (exact) mass is 277 g/mol. The minimum absolute atomic E-state index is 0.125. The summed E-state index contributed by atoms with van der Waals surface area (Å²) < 4.78 is 5.08. The highest BCUT2D eigenvalue weighted by atomic mass is 16.5. The van der Waals surface area contributed by atoms with Crippen molar-refractivity contribution < 1.29 is 9.84 Å². The molecule has 0 bridgehead atoms. The predicted octanol–water partition coefficient (Wildman–Crippen LogP) is 4.30. The first-order valence-corrected chi connectivity index (χ1v) is 6.66. The van der Waals surface area contributed by atoms with E-state index < -0.39 is 0 Å². The number of methoxy groups -OCH3 is 1. The summed E-state index contributed by atoms with van der Waals surface area (Å²) in [6.45, 7) is 0. The summed E-state index contributed by atoms with van der Waals surface area (Å²) in [4.78, 5) is 4.47. The average Bonchev–Trinajstić information content (AvgIpc) is 2.54. The van der Waals surface area contributed by atoms with Crippen molar-refractivity contribution >= 4 is 22.7 Å². The minimum atomic E-state index is 0.125. The predicted molar refractivity (Wildman–Crippen MR) is 85.9 cm³/mol. The number of hydrogen-bond acceptors (Lipinski definition) is 3. The van der Waals surface area contributed by atoms with Crippen LogP contribution < -0.4 is 4.74 Å². The van der Waals surface area contributed by atoms with Gasteiger partial charge < -0.3 is 9.84 Å². The molecule has 0 spiro atoms. The van der Waals surface area contributed by atoms with Gasteiger partial charge in [0, 0.05) is 6.21 Å². The van der Waals surface area contributed by atoms with Crippen LogP contribution in [0.5, 0.6) is 11.5 Å². The number of phenols is 1. The molecule has 104 valence electrons. The van der Waals surface area contributed by atoms with Crippen molar-refractivity contribution in [1.82, 2.24) is 0 Å². The van der Waals surface area contributed by atoms with Gasteiger partial charge in [-0.1, -0.05) is 30.3 Å². The molecule has 21 heavy (non-hydrogen) atoms. The summed E-state index contributed by atoms with van der Waals surface area (Å²) in [7, 11) is 1.53. The molecule has 0 unspecified atom stereocenters. The van der Waals surface area contributed by atoms with Gasteiger partial charge in [-0.2, -0.15) is 0 Å². The fraction of sp³-hybridized carbons (Fsp3) is 0.0556. The highest BCUT2D eigenvalue weighted by Crippen LogP contribution is 2.26. The fourth-order valence-corrected chi connectivity index (χ4v) is 2.18. The van der Waals surface area contributed by atoms with Gasteiger partial charge in [0.15, 0.2) is 11.5 Å². The van der Waals surface area contributed by atoms with Crippen LogP contribution in [0.1, 0.15) is 5.56 Å². The van der Waals surface area contributed by atoms with Crippen LogP contribution in [0.4, 0.5) is 5.69 Å². The molecule has 0 radical (unpaired) electrons. The van der Waals surface area contributed by atoms with Crippen molar-refractivity contribution in [3.63, 3.8) is 0 Å². The molecule has 0 aliphatic heterocycles. The normalized spacial score (nSPS) is 11.1. The van der Waals surface area contributed by atoms with Crippen LogP contribution in [0.25, 0.3) is 10.8 Å². The van der Waals surface area contributed by atoms with Crippen molar-refractivity contribution in [2.45, 2.75) is 0 Å². The largest absolute Gasteiger partial charge is 0.504 e. The van der Waals surface area contributed by atoms with Gasteiger partial charge in [-0.05, 0) is 46.7 Å². The molecule has 0 heterocycles. The molecular weight excluding hydrogens is 262 g/mol. The molecular formula is C18H15NO2. The van der Waals surface area contributed by atoms with Gasteiger partial charge in [0.1, 0.15) is 0 Å². The Morgan fingerprint density at radius 2 is 1.76 bits per heavy atom. The van der Waals surface area contributed by atoms with Crippen LogP contribution in [0.15, 0.2) is 65.7 Å². The Morgan fingerprint density at radius 1 is 0.952 bits per heavy atom. The fourth-order valence-electron chi connectivity index (χ4n) is 2.18. The van der Waals surface area contributed by atoms with Crippen LogP contribution >= 0.6 is 0 Å². The Labute approximate surface area is 123 Å². The standard InChI is InChI=1S/C18H15NO2/c1-21-18-10-13(6-9-17(18)20)12-19-16-8-7-14-4-2-3-5-15(14)11-16/h2-12,20H,1H3. The molecule has 1 N–H and O–H groups in total. The van der Waals surface area contributed by atoms with Gasteiger partial charge in [0.05, 0.1) is 12.8 Å². The molecule has 0 aliphatic carbocycles. The van der Waals surface area contributed by atoms with E-state index in [2.05, 4.69) is 23.2 Å². The quantitative estimate of drug-likeness (QED) is 0.725. The number of fused-ring (bicyclic) bond motifs is 1. The zero-order chi connectivity index (χ0) is 14.7. The molecule has 3 aromatic carbocycles. The highest BCUT2D eigenvalue weighted by molar-refractivity contribution is 5.88. The SMILES string of the molecule is COc1cc(C=Nc2ccc3ccccc3c2)ccc1O. The third-order valence-corrected chi connectivity index (χ3v) is 3.30. The third kappa shape index (κ3) is 2.87. The number of phenolic OH excluding ortho intramolecular Hbond substituents is 1. The molecule has 3 rings (SSSR count). The summed E-state index contributed by atoms with van der Waals surface area (Å²) in [6.07, 6.45) is 1.76. The first-order chi connectivity index (χ1) is 10.3. The summed E-state index contributed by atoms with van der Waals surface area (Å²) >= 11 is 0. The molecule has 3 nitrogen and oxygen atoms in total. The van der Waals surface area contributed by atoms with Crippen molar-refractivity contribution in [3.8, 4) is 11.5 Å². The molecule has 0 saturated carbocycles. The molecule has 0 atom stereocenters. The van der Waals surface area contributed by atoms with Crippen LogP contribution in [-0.4, -0.2) is 18.4 Å². The Morgan fingerprint density at radius 3 is 2.57 bits per heavy atom. The highest BCUT2D eigenvalue weighted by Gasteiger charge is 2.01. The van der Waals surface area contributed by atoms with E-state index in [0.717, 1.165) is 16.6 Å². The van der Waals surface area contributed by atoms with E-state index in [0.29, 0.717) is 5.75 Å². The molecule has 0 amide bonds. The summed E-state index contributed by atoms with van der Waals surface area (Å²) in [5.74, 6) is 0.567. The van der Waals surface area contributed by atoms with Crippen molar-refractivity contribution in [3.05, 3.63) is 66.2 Å². The summed E-state index contributed by atoms with van der Waals surface area (Å²) in [6, 6.07) is 19.4. The second kappa shape index (κ2) is 5.67. The number of aliphatic imine (C=N–C) groups is 1. The molecule has 0 saturated heterocycles. The van der Waals surface area contributed by atoms with E-state index in [9.17, 15) is 5.11 Å². The summed E-state index contributed by atoms with van der Waals surface area (Å²) in [5.41, 5.74) is 1.76. The van der Waals surface area contributed by atoms with E-state index in [1.165, 1.54) is 12.5 Å². The third-order valence-electron chi connectivity index (χ3n) is 3.30. The number of aromatic hydroxyl groups is 1. The van der Waals surface area contributed by atoms with Crippen LogP contribution in [-0.2, 0) is 0 Å². The van der Waals surface area contributed by atoms with Gasteiger partial charge >= 0.3 is 0 Å².